The standard InChI is InChI=1S/C13H13ClN2O2/c14-10-3-1-8(2-4-10)5-12-15-13(18-16-12)9-6-11(17)7-9/h1-4,9,11,17H,5-7H2. The number of hydrogen-bond donors (Lipinski definition) is 1. The molecule has 0 bridgehead atoms. The van der Waals surface area contributed by atoms with Crippen molar-refractivity contribution in [2.24, 2.45) is 0 Å². The number of hydrogen-bond acceptors (Lipinski definition) is 4. The minimum absolute atomic E-state index is 0.207. The molecule has 1 N–H and O–H groups in total. The number of halogens is 1. The first-order valence-electron chi connectivity index (χ1n) is 5.95. The smallest absolute Gasteiger partial charge is 0.229 e. The summed E-state index contributed by atoms with van der Waals surface area (Å²) in [5, 5.41) is 13.9. The highest BCUT2D eigenvalue weighted by Gasteiger charge is 2.32. The third kappa shape index (κ3) is 2.40. The molecule has 0 aliphatic heterocycles. The van der Waals surface area contributed by atoms with E-state index in [2.05, 4.69) is 10.1 Å². The Morgan fingerprint density at radius 3 is 2.67 bits per heavy atom. The van der Waals surface area contributed by atoms with E-state index in [-0.39, 0.29) is 12.0 Å². The van der Waals surface area contributed by atoms with Crippen molar-refractivity contribution < 1.29 is 9.63 Å². The van der Waals surface area contributed by atoms with Gasteiger partial charge in [0.15, 0.2) is 5.82 Å². The van der Waals surface area contributed by atoms with Crippen molar-refractivity contribution >= 4 is 11.6 Å². The van der Waals surface area contributed by atoms with E-state index in [1.165, 1.54) is 0 Å². The first-order chi connectivity index (χ1) is 8.70. The van der Waals surface area contributed by atoms with Gasteiger partial charge in [0.25, 0.3) is 0 Å². The summed E-state index contributed by atoms with van der Waals surface area (Å²) in [7, 11) is 0. The molecule has 1 aromatic heterocycles. The lowest BCUT2D eigenvalue weighted by Crippen LogP contribution is -2.26. The van der Waals surface area contributed by atoms with Crippen LogP contribution >= 0.6 is 11.6 Å². The molecule has 1 aromatic carbocycles. The van der Waals surface area contributed by atoms with Gasteiger partial charge in [-0.2, -0.15) is 4.98 Å². The Bertz CT molecular complexity index is 532. The molecule has 1 saturated carbocycles. The molecule has 0 spiro atoms. The van der Waals surface area contributed by atoms with Crippen LogP contribution in [0.15, 0.2) is 28.8 Å². The molecule has 0 saturated heterocycles. The summed E-state index contributed by atoms with van der Waals surface area (Å²) < 4.78 is 5.21. The molecule has 3 rings (SSSR count). The van der Waals surface area contributed by atoms with E-state index in [1.54, 1.807) is 0 Å². The molecular weight excluding hydrogens is 252 g/mol. The number of rotatable bonds is 3. The van der Waals surface area contributed by atoms with Crippen LogP contribution in [0.5, 0.6) is 0 Å². The van der Waals surface area contributed by atoms with Gasteiger partial charge in [-0.3, -0.25) is 0 Å². The molecule has 4 nitrogen and oxygen atoms in total. The lowest BCUT2D eigenvalue weighted by molar-refractivity contribution is 0.0625. The van der Waals surface area contributed by atoms with Gasteiger partial charge in [-0.05, 0) is 30.5 Å². The third-order valence-electron chi connectivity index (χ3n) is 3.22. The van der Waals surface area contributed by atoms with Gasteiger partial charge >= 0.3 is 0 Å². The maximum atomic E-state index is 9.25. The molecule has 1 fully saturated rings. The summed E-state index contributed by atoms with van der Waals surface area (Å²) in [6.07, 6.45) is 1.88. The quantitative estimate of drug-likeness (QED) is 0.926. The fourth-order valence-corrected chi connectivity index (χ4v) is 2.21. The Kier molecular flexibility index (Phi) is 3.06. The predicted molar refractivity (Wildman–Crippen MR) is 66.5 cm³/mol. The van der Waals surface area contributed by atoms with Gasteiger partial charge in [-0.1, -0.05) is 28.9 Å². The van der Waals surface area contributed by atoms with Crippen LogP contribution in [0.1, 0.15) is 36.0 Å². The molecule has 18 heavy (non-hydrogen) atoms. The van der Waals surface area contributed by atoms with Crippen LogP contribution in [0.25, 0.3) is 0 Å². The van der Waals surface area contributed by atoms with Gasteiger partial charge in [0.1, 0.15) is 0 Å². The average molecular weight is 265 g/mol. The zero-order valence-electron chi connectivity index (χ0n) is 9.71. The minimum Gasteiger partial charge on any atom is -0.393 e. The van der Waals surface area contributed by atoms with Crippen LogP contribution in [0.2, 0.25) is 5.02 Å². The van der Waals surface area contributed by atoms with Crippen molar-refractivity contribution in [3.05, 3.63) is 46.6 Å². The van der Waals surface area contributed by atoms with E-state index in [1.807, 2.05) is 24.3 Å². The maximum absolute atomic E-state index is 9.25. The van der Waals surface area contributed by atoms with Gasteiger partial charge in [0.05, 0.1) is 6.10 Å². The van der Waals surface area contributed by atoms with Crippen molar-refractivity contribution in [1.82, 2.24) is 10.1 Å². The zero-order valence-corrected chi connectivity index (χ0v) is 10.5. The van der Waals surface area contributed by atoms with Gasteiger partial charge in [0, 0.05) is 17.4 Å². The maximum Gasteiger partial charge on any atom is 0.229 e. The summed E-state index contributed by atoms with van der Waals surface area (Å²) in [6.45, 7) is 0. The molecule has 0 radical (unpaired) electrons. The Morgan fingerprint density at radius 1 is 1.28 bits per heavy atom. The molecule has 94 valence electrons. The lowest BCUT2D eigenvalue weighted by atomic mass is 9.82. The van der Waals surface area contributed by atoms with Gasteiger partial charge in [-0.25, -0.2) is 0 Å². The fourth-order valence-electron chi connectivity index (χ4n) is 2.08. The summed E-state index contributed by atoms with van der Waals surface area (Å²) in [5.74, 6) is 1.55. The summed E-state index contributed by atoms with van der Waals surface area (Å²) in [6, 6.07) is 7.59. The monoisotopic (exact) mass is 264 g/mol. The predicted octanol–water partition coefficient (Wildman–Crippen LogP) is 2.55. The first kappa shape index (κ1) is 11.7. The van der Waals surface area contributed by atoms with Crippen LogP contribution in [-0.2, 0) is 6.42 Å². The first-order valence-corrected chi connectivity index (χ1v) is 6.33. The van der Waals surface area contributed by atoms with Crippen molar-refractivity contribution in [3.63, 3.8) is 0 Å². The Hall–Kier alpha value is -1.39. The lowest BCUT2D eigenvalue weighted by Gasteiger charge is -2.27. The van der Waals surface area contributed by atoms with Crippen LogP contribution in [0.4, 0.5) is 0 Å². The van der Waals surface area contributed by atoms with Crippen molar-refractivity contribution in [2.45, 2.75) is 31.3 Å². The minimum atomic E-state index is -0.207. The molecule has 1 aliphatic rings. The van der Waals surface area contributed by atoms with Crippen LogP contribution in [0, 0.1) is 0 Å². The highest BCUT2D eigenvalue weighted by Crippen LogP contribution is 2.35. The number of aromatic nitrogens is 2. The Morgan fingerprint density at radius 2 is 2.00 bits per heavy atom. The van der Waals surface area contributed by atoms with Gasteiger partial charge < -0.3 is 9.63 Å². The number of nitrogens with zero attached hydrogens (tertiary/aromatic N) is 2. The Labute approximate surface area is 110 Å². The molecular formula is C13H13ClN2O2. The van der Waals surface area contributed by atoms with Crippen molar-refractivity contribution in [1.29, 1.82) is 0 Å². The van der Waals surface area contributed by atoms with E-state index in [9.17, 15) is 5.11 Å². The molecule has 5 heteroatoms. The SMILES string of the molecule is OC1CC(c2nc(Cc3ccc(Cl)cc3)no2)C1. The third-order valence-corrected chi connectivity index (χ3v) is 3.47. The van der Waals surface area contributed by atoms with Crippen molar-refractivity contribution in [3.8, 4) is 0 Å². The second-order valence-corrected chi connectivity index (χ2v) is 5.11. The van der Waals surface area contributed by atoms with E-state index in [4.69, 9.17) is 16.1 Å². The summed E-state index contributed by atoms with van der Waals surface area (Å²) >= 11 is 5.83. The van der Waals surface area contributed by atoms with Crippen molar-refractivity contribution in [2.75, 3.05) is 0 Å². The van der Waals surface area contributed by atoms with Crippen LogP contribution in [-0.4, -0.2) is 21.4 Å². The van der Waals surface area contributed by atoms with Crippen LogP contribution < -0.4 is 0 Å². The largest absolute Gasteiger partial charge is 0.393 e. The number of benzene rings is 1. The van der Waals surface area contributed by atoms with Crippen LogP contribution in [0.3, 0.4) is 0 Å². The molecule has 2 aromatic rings. The van der Waals surface area contributed by atoms with Gasteiger partial charge in [0.2, 0.25) is 5.89 Å². The highest BCUT2D eigenvalue weighted by atomic mass is 35.5. The van der Waals surface area contributed by atoms with Gasteiger partial charge in [-0.15, -0.1) is 0 Å². The summed E-state index contributed by atoms with van der Waals surface area (Å²) in [4.78, 5) is 4.36. The zero-order chi connectivity index (χ0) is 12.5. The van der Waals surface area contributed by atoms with E-state index in [0.29, 0.717) is 18.1 Å². The second-order valence-electron chi connectivity index (χ2n) is 4.67. The number of aliphatic hydroxyl groups excluding tert-OH is 1. The average Bonchev–Trinajstić information content (AvgIpc) is 2.76. The fraction of sp³-hybridized carbons (Fsp3) is 0.385. The van der Waals surface area contributed by atoms with E-state index < -0.39 is 0 Å². The molecule has 1 aliphatic carbocycles. The normalized spacial score (nSPS) is 22.8. The molecule has 0 amide bonds. The topological polar surface area (TPSA) is 59.2 Å². The summed E-state index contributed by atoms with van der Waals surface area (Å²) in [5.41, 5.74) is 1.10. The number of aliphatic hydroxyl groups is 1. The molecule has 0 unspecified atom stereocenters. The molecule has 1 heterocycles. The Balaban J connectivity index is 1.68. The molecule has 0 atom stereocenters. The van der Waals surface area contributed by atoms with E-state index in [0.717, 1.165) is 23.4 Å². The second kappa shape index (κ2) is 4.71. The highest BCUT2D eigenvalue weighted by molar-refractivity contribution is 6.30. The van der Waals surface area contributed by atoms with E-state index >= 15 is 0 Å².